The van der Waals surface area contributed by atoms with Crippen molar-refractivity contribution in [3.05, 3.63) is 75.1 Å². The second-order valence-corrected chi connectivity index (χ2v) is 9.44. The fourth-order valence-electron chi connectivity index (χ4n) is 4.84. The van der Waals surface area contributed by atoms with Gasteiger partial charge in [0.15, 0.2) is 5.11 Å². The number of H-pyrrole nitrogens is 1. The van der Waals surface area contributed by atoms with Crippen LogP contribution >= 0.6 is 12.2 Å². The van der Waals surface area contributed by atoms with Crippen LogP contribution in [0.25, 0.3) is 10.9 Å². The molecule has 1 aliphatic rings. The van der Waals surface area contributed by atoms with E-state index >= 15 is 0 Å². The number of anilines is 1. The lowest BCUT2D eigenvalue weighted by Crippen LogP contribution is -2.44. The van der Waals surface area contributed by atoms with E-state index in [-0.39, 0.29) is 11.6 Å². The number of para-hydroxylation sites is 1. The maximum absolute atomic E-state index is 13.0. The van der Waals surface area contributed by atoms with Gasteiger partial charge in [0.1, 0.15) is 0 Å². The van der Waals surface area contributed by atoms with Crippen LogP contribution in [0.4, 0.5) is 5.69 Å². The highest BCUT2D eigenvalue weighted by Gasteiger charge is 2.25. The van der Waals surface area contributed by atoms with Gasteiger partial charge in [0.05, 0.1) is 24.9 Å². The van der Waals surface area contributed by atoms with Crippen LogP contribution in [0.5, 0.6) is 0 Å². The first kappa shape index (κ1) is 24.0. The number of aromatic amines is 1. The minimum absolute atomic E-state index is 0.101. The number of pyridine rings is 1. The van der Waals surface area contributed by atoms with Gasteiger partial charge in [-0.25, -0.2) is 4.79 Å². The topological polar surface area (TPSA) is 74.4 Å². The molecule has 2 aromatic carbocycles. The molecule has 0 unspecified atom stereocenters. The van der Waals surface area contributed by atoms with Gasteiger partial charge >= 0.3 is 5.97 Å². The van der Waals surface area contributed by atoms with Crippen molar-refractivity contribution in [3.8, 4) is 0 Å². The number of methoxy groups -OCH3 is 1. The maximum Gasteiger partial charge on any atom is 0.339 e. The molecule has 0 amide bonds. The van der Waals surface area contributed by atoms with Crippen molar-refractivity contribution in [2.24, 2.45) is 0 Å². The van der Waals surface area contributed by atoms with Crippen LogP contribution in [-0.2, 0) is 11.3 Å². The van der Waals surface area contributed by atoms with Gasteiger partial charge in [-0.05, 0) is 74.3 Å². The summed E-state index contributed by atoms with van der Waals surface area (Å²) in [5.41, 5.74) is 4.69. The van der Waals surface area contributed by atoms with E-state index in [0.29, 0.717) is 28.5 Å². The molecular formula is C27H31N3O3S. The highest BCUT2D eigenvalue weighted by molar-refractivity contribution is 7.80. The second kappa shape index (κ2) is 10.4. The van der Waals surface area contributed by atoms with Crippen molar-refractivity contribution < 1.29 is 9.53 Å². The Hall–Kier alpha value is -3.19. The summed E-state index contributed by atoms with van der Waals surface area (Å²) < 4.78 is 4.93. The van der Waals surface area contributed by atoms with Crippen molar-refractivity contribution in [2.45, 2.75) is 58.5 Å². The third kappa shape index (κ3) is 5.14. The fraction of sp³-hybridized carbons (Fsp3) is 0.370. The van der Waals surface area contributed by atoms with Crippen molar-refractivity contribution in [3.63, 3.8) is 0 Å². The van der Waals surface area contributed by atoms with E-state index in [2.05, 4.69) is 28.2 Å². The number of rotatable bonds is 5. The largest absolute Gasteiger partial charge is 0.465 e. The van der Waals surface area contributed by atoms with Crippen LogP contribution < -0.4 is 10.9 Å². The highest BCUT2D eigenvalue weighted by Crippen LogP contribution is 2.26. The Morgan fingerprint density at radius 2 is 1.88 bits per heavy atom. The fourth-order valence-corrected chi connectivity index (χ4v) is 5.17. The van der Waals surface area contributed by atoms with Gasteiger partial charge in [-0.3, -0.25) is 4.79 Å². The van der Waals surface area contributed by atoms with E-state index in [9.17, 15) is 9.59 Å². The van der Waals surface area contributed by atoms with Crippen LogP contribution in [0.2, 0.25) is 0 Å². The first-order chi connectivity index (χ1) is 16.4. The number of nitrogens with zero attached hydrogens (tertiary/aromatic N) is 1. The molecule has 2 N–H and O–H groups in total. The summed E-state index contributed by atoms with van der Waals surface area (Å²) in [6.45, 7) is 4.49. The number of aromatic nitrogens is 1. The van der Waals surface area contributed by atoms with Crippen LogP contribution in [0.3, 0.4) is 0 Å². The normalized spacial score (nSPS) is 14.1. The molecule has 0 aliphatic heterocycles. The van der Waals surface area contributed by atoms with Gasteiger partial charge < -0.3 is 19.9 Å². The molecule has 1 saturated carbocycles. The molecule has 4 rings (SSSR count). The van der Waals surface area contributed by atoms with E-state index in [1.807, 2.05) is 31.2 Å². The lowest BCUT2D eigenvalue weighted by Gasteiger charge is -2.36. The molecule has 7 heteroatoms. The number of aryl methyl sites for hydroxylation is 2. The molecule has 3 aromatic rings. The molecule has 34 heavy (non-hydrogen) atoms. The average molecular weight is 478 g/mol. The zero-order valence-electron chi connectivity index (χ0n) is 19.9. The molecule has 0 bridgehead atoms. The van der Waals surface area contributed by atoms with Crippen LogP contribution in [0.15, 0.2) is 47.3 Å². The standard InChI is InChI=1S/C27H31N3O3S/c1-17-13-18(2)22-15-19(25(31)28-24(22)14-17)16-30(20-9-5-4-6-10-20)27(34)29-23-12-8-7-11-21(23)26(32)33-3/h7-8,11-15,20H,4-6,9-10,16H2,1-3H3,(H,28,31)(H,29,34). The van der Waals surface area contributed by atoms with Crippen molar-refractivity contribution >= 4 is 39.9 Å². The van der Waals surface area contributed by atoms with E-state index in [1.165, 1.54) is 13.5 Å². The molecule has 0 atom stereocenters. The number of esters is 1. The first-order valence-electron chi connectivity index (χ1n) is 11.8. The summed E-state index contributed by atoms with van der Waals surface area (Å²) in [6.07, 6.45) is 5.52. The SMILES string of the molecule is COC(=O)c1ccccc1NC(=S)N(Cc1cc2c(C)cc(C)cc2[nH]c1=O)C1CCCCC1. The van der Waals surface area contributed by atoms with Gasteiger partial charge in [0, 0.05) is 22.5 Å². The van der Waals surface area contributed by atoms with Gasteiger partial charge in [-0.15, -0.1) is 0 Å². The average Bonchev–Trinajstić information content (AvgIpc) is 2.83. The van der Waals surface area contributed by atoms with E-state index in [0.717, 1.165) is 47.7 Å². The van der Waals surface area contributed by atoms with Gasteiger partial charge in [-0.1, -0.05) is 37.5 Å². The Balaban J connectivity index is 1.68. The Morgan fingerprint density at radius 3 is 2.62 bits per heavy atom. The molecule has 1 heterocycles. The number of thiocarbonyl (C=S) groups is 1. The number of ether oxygens (including phenoxy) is 1. The molecule has 1 fully saturated rings. The summed E-state index contributed by atoms with van der Waals surface area (Å²) in [7, 11) is 1.36. The van der Waals surface area contributed by atoms with Crippen molar-refractivity contribution in [2.75, 3.05) is 12.4 Å². The van der Waals surface area contributed by atoms with E-state index in [1.54, 1.807) is 12.1 Å². The van der Waals surface area contributed by atoms with Gasteiger partial charge in [0.25, 0.3) is 5.56 Å². The zero-order chi connectivity index (χ0) is 24.2. The number of hydrogen-bond acceptors (Lipinski definition) is 4. The third-order valence-electron chi connectivity index (χ3n) is 6.58. The van der Waals surface area contributed by atoms with Crippen molar-refractivity contribution in [1.29, 1.82) is 0 Å². The highest BCUT2D eigenvalue weighted by atomic mass is 32.1. The summed E-state index contributed by atoms with van der Waals surface area (Å²) in [5, 5.41) is 4.81. The molecule has 0 saturated heterocycles. The number of hydrogen-bond donors (Lipinski definition) is 2. The third-order valence-corrected chi connectivity index (χ3v) is 6.92. The summed E-state index contributed by atoms with van der Waals surface area (Å²) in [4.78, 5) is 30.4. The number of fused-ring (bicyclic) bond motifs is 1. The lowest BCUT2D eigenvalue weighted by molar-refractivity contribution is 0.0602. The quantitative estimate of drug-likeness (QED) is 0.375. The Kier molecular flexibility index (Phi) is 7.32. The monoisotopic (exact) mass is 477 g/mol. The summed E-state index contributed by atoms with van der Waals surface area (Å²) in [5.74, 6) is -0.424. The zero-order valence-corrected chi connectivity index (χ0v) is 20.8. The molecule has 178 valence electrons. The molecule has 6 nitrogen and oxygen atoms in total. The predicted molar refractivity (Wildman–Crippen MR) is 140 cm³/mol. The van der Waals surface area contributed by atoms with Crippen LogP contribution in [0, 0.1) is 13.8 Å². The number of carbonyl (C=O) groups is 1. The molecule has 1 aromatic heterocycles. The smallest absolute Gasteiger partial charge is 0.339 e. The maximum atomic E-state index is 13.0. The van der Waals surface area contributed by atoms with Crippen LogP contribution in [-0.4, -0.2) is 34.1 Å². The minimum Gasteiger partial charge on any atom is -0.465 e. The Labute approximate surface area is 205 Å². The number of nitrogens with one attached hydrogen (secondary N) is 2. The molecule has 0 spiro atoms. The molecule has 0 radical (unpaired) electrons. The van der Waals surface area contributed by atoms with Gasteiger partial charge in [0.2, 0.25) is 0 Å². The summed E-state index contributed by atoms with van der Waals surface area (Å²) >= 11 is 5.85. The van der Waals surface area contributed by atoms with E-state index in [4.69, 9.17) is 17.0 Å². The van der Waals surface area contributed by atoms with Crippen LogP contribution in [0.1, 0.15) is 59.2 Å². The lowest BCUT2D eigenvalue weighted by atomic mass is 9.94. The van der Waals surface area contributed by atoms with Gasteiger partial charge in [-0.2, -0.15) is 0 Å². The minimum atomic E-state index is -0.424. The predicted octanol–water partition coefficient (Wildman–Crippen LogP) is 5.46. The first-order valence-corrected chi connectivity index (χ1v) is 12.2. The Morgan fingerprint density at radius 1 is 1.15 bits per heavy atom. The molecular weight excluding hydrogens is 446 g/mol. The Bertz CT molecular complexity index is 1280. The summed E-state index contributed by atoms with van der Waals surface area (Å²) in [6, 6.07) is 13.5. The molecule has 1 aliphatic carbocycles. The second-order valence-electron chi connectivity index (χ2n) is 9.05. The number of benzene rings is 2. The van der Waals surface area contributed by atoms with Crippen molar-refractivity contribution in [1.82, 2.24) is 9.88 Å². The number of carbonyl (C=O) groups excluding carboxylic acids is 1. The van der Waals surface area contributed by atoms with E-state index < -0.39 is 5.97 Å².